The maximum absolute atomic E-state index is 13.2. The fourth-order valence-corrected chi connectivity index (χ4v) is 2.99. The van der Waals surface area contributed by atoms with E-state index < -0.39 is 5.82 Å². The van der Waals surface area contributed by atoms with Gasteiger partial charge in [0.05, 0.1) is 30.6 Å². The first kappa shape index (κ1) is 18.3. The molecule has 1 aromatic heterocycles. The molecule has 0 unspecified atom stereocenters. The largest absolute Gasteiger partial charge is 0.484 e. The van der Waals surface area contributed by atoms with Crippen LogP contribution in [-0.4, -0.2) is 53.2 Å². The predicted molar refractivity (Wildman–Crippen MR) is 93.3 cm³/mol. The lowest BCUT2D eigenvalue weighted by atomic mass is 10.1. The molecule has 1 atom stereocenters. The van der Waals surface area contributed by atoms with Crippen LogP contribution in [0.25, 0.3) is 0 Å². The molecule has 0 radical (unpaired) electrons. The van der Waals surface area contributed by atoms with Crippen LogP contribution in [0.1, 0.15) is 17.8 Å². The van der Waals surface area contributed by atoms with Gasteiger partial charge in [0.25, 0.3) is 5.91 Å². The third-order valence-electron chi connectivity index (χ3n) is 4.40. The first-order valence-corrected chi connectivity index (χ1v) is 8.65. The average molecular weight is 359 g/mol. The molecular formula is C19H22FN3O3. The Bertz CT molecular complexity index is 756. The second-order valence-electron chi connectivity index (χ2n) is 6.19. The Hall–Kier alpha value is -2.54. The number of hydrogen-bond acceptors (Lipinski definition) is 5. The lowest BCUT2D eigenvalue weighted by molar-refractivity contribution is -0.142. The van der Waals surface area contributed by atoms with E-state index in [2.05, 4.69) is 9.97 Å². The monoisotopic (exact) mass is 359 g/mol. The summed E-state index contributed by atoms with van der Waals surface area (Å²) in [5.74, 6) is -0.171. The third-order valence-corrected chi connectivity index (χ3v) is 4.40. The Morgan fingerprint density at radius 3 is 3.04 bits per heavy atom. The number of amides is 1. The molecule has 2 heterocycles. The van der Waals surface area contributed by atoms with E-state index in [1.807, 2.05) is 6.92 Å². The Balaban J connectivity index is 1.57. The van der Waals surface area contributed by atoms with Crippen molar-refractivity contribution < 1.29 is 18.7 Å². The van der Waals surface area contributed by atoms with Gasteiger partial charge in [-0.2, -0.15) is 0 Å². The highest BCUT2D eigenvalue weighted by atomic mass is 19.1. The van der Waals surface area contributed by atoms with E-state index in [1.54, 1.807) is 29.4 Å². The summed E-state index contributed by atoms with van der Waals surface area (Å²) in [6.07, 6.45) is 4.81. The number of aromatic nitrogens is 2. The van der Waals surface area contributed by atoms with Crippen molar-refractivity contribution in [3.8, 4) is 5.75 Å². The van der Waals surface area contributed by atoms with Gasteiger partial charge in [-0.25, -0.2) is 4.39 Å². The van der Waals surface area contributed by atoms with Gasteiger partial charge in [-0.05, 0) is 31.9 Å². The van der Waals surface area contributed by atoms with E-state index in [4.69, 9.17) is 9.47 Å². The Kier molecular flexibility index (Phi) is 6.12. The number of carbonyl (C=O) groups is 1. The number of nitrogens with zero attached hydrogens (tertiary/aromatic N) is 3. The smallest absolute Gasteiger partial charge is 0.260 e. The van der Waals surface area contributed by atoms with Crippen molar-refractivity contribution in [2.75, 3.05) is 26.4 Å². The van der Waals surface area contributed by atoms with Crippen LogP contribution in [0.15, 0.2) is 36.7 Å². The van der Waals surface area contributed by atoms with E-state index in [0.717, 1.165) is 24.2 Å². The Labute approximate surface area is 152 Å². The molecule has 26 heavy (non-hydrogen) atoms. The zero-order valence-corrected chi connectivity index (χ0v) is 14.7. The van der Waals surface area contributed by atoms with E-state index in [1.165, 1.54) is 12.1 Å². The molecule has 1 aliphatic rings. The predicted octanol–water partition coefficient (Wildman–Crippen LogP) is 2.16. The Morgan fingerprint density at radius 1 is 1.38 bits per heavy atom. The summed E-state index contributed by atoms with van der Waals surface area (Å²) >= 11 is 0. The minimum Gasteiger partial charge on any atom is -0.484 e. The number of rotatable bonds is 6. The number of aryl methyl sites for hydroxylation is 2. The molecule has 7 heteroatoms. The molecule has 0 saturated carbocycles. The van der Waals surface area contributed by atoms with Gasteiger partial charge in [0.15, 0.2) is 6.61 Å². The van der Waals surface area contributed by atoms with Gasteiger partial charge in [-0.1, -0.05) is 6.07 Å². The van der Waals surface area contributed by atoms with Crippen molar-refractivity contribution >= 4 is 5.91 Å². The molecule has 0 aliphatic carbocycles. The molecule has 1 fully saturated rings. The maximum atomic E-state index is 13.2. The minimum atomic E-state index is -0.390. The van der Waals surface area contributed by atoms with Gasteiger partial charge in [0.2, 0.25) is 0 Å². The molecule has 2 aromatic rings. The van der Waals surface area contributed by atoms with Crippen molar-refractivity contribution in [2.45, 2.75) is 25.8 Å². The van der Waals surface area contributed by atoms with E-state index in [0.29, 0.717) is 25.5 Å². The van der Waals surface area contributed by atoms with Crippen molar-refractivity contribution in [2.24, 2.45) is 0 Å². The van der Waals surface area contributed by atoms with Crippen LogP contribution < -0.4 is 4.74 Å². The molecule has 0 bridgehead atoms. The standard InChI is InChI=1S/C19H22FN3O3/c1-14-18(22-8-7-21-14)6-5-16-12-25-10-9-23(16)19(24)13-26-17-4-2-3-15(20)11-17/h2-4,7-8,11,16H,5-6,9-10,12-13H2,1H3/t16-/m1/s1. The highest BCUT2D eigenvalue weighted by Crippen LogP contribution is 2.16. The number of morpholine rings is 1. The number of benzene rings is 1. The molecule has 0 spiro atoms. The maximum Gasteiger partial charge on any atom is 0.260 e. The summed E-state index contributed by atoms with van der Waals surface area (Å²) in [6, 6.07) is 5.75. The van der Waals surface area contributed by atoms with E-state index >= 15 is 0 Å². The summed E-state index contributed by atoms with van der Waals surface area (Å²) in [5.41, 5.74) is 1.83. The van der Waals surface area contributed by atoms with Crippen LogP contribution in [0, 0.1) is 12.7 Å². The lowest BCUT2D eigenvalue weighted by Gasteiger charge is -2.35. The van der Waals surface area contributed by atoms with Crippen LogP contribution in [0.5, 0.6) is 5.75 Å². The van der Waals surface area contributed by atoms with Gasteiger partial charge in [0.1, 0.15) is 11.6 Å². The van der Waals surface area contributed by atoms with Gasteiger partial charge in [-0.3, -0.25) is 14.8 Å². The zero-order valence-electron chi connectivity index (χ0n) is 14.7. The van der Waals surface area contributed by atoms with Gasteiger partial charge >= 0.3 is 0 Å². The number of ether oxygens (including phenoxy) is 2. The molecular weight excluding hydrogens is 337 g/mol. The van der Waals surface area contributed by atoms with Gasteiger partial charge < -0.3 is 14.4 Å². The summed E-state index contributed by atoms with van der Waals surface area (Å²) in [5, 5.41) is 0. The fourth-order valence-electron chi connectivity index (χ4n) is 2.99. The summed E-state index contributed by atoms with van der Waals surface area (Å²) in [4.78, 5) is 22.9. The van der Waals surface area contributed by atoms with Crippen molar-refractivity contribution in [1.82, 2.24) is 14.9 Å². The van der Waals surface area contributed by atoms with Crippen LogP contribution in [0.4, 0.5) is 4.39 Å². The van der Waals surface area contributed by atoms with Crippen LogP contribution in [0.2, 0.25) is 0 Å². The second kappa shape index (κ2) is 8.71. The van der Waals surface area contributed by atoms with Crippen LogP contribution in [0.3, 0.4) is 0 Å². The highest BCUT2D eigenvalue weighted by Gasteiger charge is 2.27. The number of hydrogen-bond donors (Lipinski definition) is 0. The van der Waals surface area contributed by atoms with E-state index in [-0.39, 0.29) is 18.6 Å². The third kappa shape index (κ3) is 4.76. The van der Waals surface area contributed by atoms with Crippen molar-refractivity contribution in [1.29, 1.82) is 0 Å². The lowest BCUT2D eigenvalue weighted by Crippen LogP contribution is -2.50. The van der Waals surface area contributed by atoms with Crippen LogP contribution >= 0.6 is 0 Å². The summed E-state index contributed by atoms with van der Waals surface area (Å²) < 4.78 is 24.2. The van der Waals surface area contributed by atoms with E-state index in [9.17, 15) is 9.18 Å². The molecule has 138 valence electrons. The van der Waals surface area contributed by atoms with Crippen molar-refractivity contribution in [3.05, 3.63) is 53.9 Å². The van der Waals surface area contributed by atoms with Gasteiger partial charge in [-0.15, -0.1) is 0 Å². The first-order valence-electron chi connectivity index (χ1n) is 8.65. The molecule has 1 aromatic carbocycles. The highest BCUT2D eigenvalue weighted by molar-refractivity contribution is 5.78. The molecule has 6 nitrogen and oxygen atoms in total. The zero-order chi connectivity index (χ0) is 18.4. The fraction of sp³-hybridized carbons (Fsp3) is 0.421. The molecule has 3 rings (SSSR count). The van der Waals surface area contributed by atoms with Gasteiger partial charge in [0, 0.05) is 25.0 Å². The molecule has 0 N–H and O–H groups in total. The minimum absolute atomic E-state index is 0.0336. The number of carbonyl (C=O) groups excluding carboxylic acids is 1. The topological polar surface area (TPSA) is 64.6 Å². The molecule has 1 amide bonds. The van der Waals surface area contributed by atoms with Crippen molar-refractivity contribution in [3.63, 3.8) is 0 Å². The summed E-state index contributed by atoms with van der Waals surface area (Å²) in [6.45, 7) is 3.33. The molecule has 1 aliphatic heterocycles. The van der Waals surface area contributed by atoms with Crippen LogP contribution in [-0.2, 0) is 16.0 Å². The first-order chi connectivity index (χ1) is 12.6. The molecule has 1 saturated heterocycles. The summed E-state index contributed by atoms with van der Waals surface area (Å²) in [7, 11) is 0. The Morgan fingerprint density at radius 2 is 2.23 bits per heavy atom. The number of halogens is 1. The SMILES string of the molecule is Cc1nccnc1CC[C@@H]1COCCN1C(=O)COc1cccc(F)c1. The average Bonchev–Trinajstić information content (AvgIpc) is 2.66. The normalized spacial score (nSPS) is 17.2. The quantitative estimate of drug-likeness (QED) is 0.791. The second-order valence-corrected chi connectivity index (χ2v) is 6.19.